The van der Waals surface area contributed by atoms with Crippen molar-refractivity contribution in [3.05, 3.63) is 30.2 Å². The molecule has 0 atom stereocenters. The number of anilines is 1. The van der Waals surface area contributed by atoms with Crippen molar-refractivity contribution in [3.8, 4) is 0 Å². The average molecular weight is 207 g/mol. The van der Waals surface area contributed by atoms with E-state index in [-0.39, 0.29) is 0 Å². The Kier molecular flexibility index (Phi) is 2.41. The van der Waals surface area contributed by atoms with Crippen molar-refractivity contribution >= 4 is 17.4 Å². The molecule has 0 aliphatic heterocycles. The van der Waals surface area contributed by atoms with Crippen LogP contribution in [0, 0.1) is 6.92 Å². The monoisotopic (exact) mass is 207 g/mol. The van der Waals surface area contributed by atoms with Crippen molar-refractivity contribution in [2.45, 2.75) is 17.0 Å². The smallest absolute Gasteiger partial charge is 0.281 e. The minimum absolute atomic E-state index is 0.548. The standard InChI is InChI=1S/C9H9N3OS/c1-6-11-12-9(13-6)14-8-4-2-7(10)3-5-8/h2-5H,10H2,1H3. The molecule has 1 heterocycles. The molecule has 0 amide bonds. The van der Waals surface area contributed by atoms with Gasteiger partial charge in [0.15, 0.2) is 0 Å². The molecule has 1 aromatic carbocycles. The van der Waals surface area contributed by atoms with E-state index < -0.39 is 0 Å². The zero-order valence-corrected chi connectivity index (χ0v) is 8.41. The van der Waals surface area contributed by atoms with Crippen LogP contribution in [0.5, 0.6) is 0 Å². The summed E-state index contributed by atoms with van der Waals surface area (Å²) in [5, 5.41) is 8.17. The zero-order chi connectivity index (χ0) is 9.97. The number of aryl methyl sites for hydroxylation is 1. The summed E-state index contributed by atoms with van der Waals surface area (Å²) in [6.45, 7) is 1.76. The number of nitrogens with zero attached hydrogens (tertiary/aromatic N) is 2. The Morgan fingerprint density at radius 2 is 1.93 bits per heavy atom. The maximum absolute atomic E-state index is 5.56. The molecular formula is C9H9N3OS. The molecule has 0 radical (unpaired) electrons. The number of hydrogen-bond donors (Lipinski definition) is 1. The third-order valence-corrected chi connectivity index (χ3v) is 2.44. The van der Waals surface area contributed by atoms with Gasteiger partial charge in [-0.15, -0.1) is 10.2 Å². The minimum atomic E-state index is 0.548. The van der Waals surface area contributed by atoms with Crippen LogP contribution in [0.3, 0.4) is 0 Å². The van der Waals surface area contributed by atoms with Crippen LogP contribution in [0.15, 0.2) is 38.8 Å². The van der Waals surface area contributed by atoms with Crippen molar-refractivity contribution in [1.29, 1.82) is 0 Å². The van der Waals surface area contributed by atoms with Crippen LogP contribution in [0.25, 0.3) is 0 Å². The quantitative estimate of drug-likeness (QED) is 0.764. The van der Waals surface area contributed by atoms with Gasteiger partial charge in [0.25, 0.3) is 5.22 Å². The first-order chi connectivity index (χ1) is 6.74. The number of nitrogens with two attached hydrogens (primary N) is 1. The first kappa shape index (κ1) is 9.08. The van der Waals surface area contributed by atoms with Gasteiger partial charge in [0, 0.05) is 17.5 Å². The second-order valence-corrected chi connectivity index (χ2v) is 3.78. The molecule has 0 aliphatic rings. The molecule has 0 saturated carbocycles. The van der Waals surface area contributed by atoms with Crippen molar-refractivity contribution in [2.75, 3.05) is 5.73 Å². The van der Waals surface area contributed by atoms with Gasteiger partial charge in [-0.2, -0.15) is 0 Å². The SMILES string of the molecule is Cc1nnc(Sc2ccc(N)cc2)o1. The van der Waals surface area contributed by atoms with Gasteiger partial charge in [-0.1, -0.05) is 0 Å². The molecule has 2 rings (SSSR count). The van der Waals surface area contributed by atoms with E-state index in [2.05, 4.69) is 10.2 Å². The summed E-state index contributed by atoms with van der Waals surface area (Å²) in [6, 6.07) is 7.51. The van der Waals surface area contributed by atoms with Gasteiger partial charge in [-0.3, -0.25) is 0 Å². The molecule has 0 fully saturated rings. The molecule has 2 N–H and O–H groups in total. The second kappa shape index (κ2) is 3.71. The first-order valence-electron chi connectivity index (χ1n) is 4.07. The number of benzene rings is 1. The molecule has 14 heavy (non-hydrogen) atoms. The largest absolute Gasteiger partial charge is 0.416 e. The molecule has 0 aliphatic carbocycles. The molecule has 72 valence electrons. The summed E-state index contributed by atoms with van der Waals surface area (Å²) < 4.78 is 5.23. The van der Waals surface area contributed by atoms with E-state index in [1.54, 1.807) is 6.92 Å². The van der Waals surface area contributed by atoms with Crippen LogP contribution < -0.4 is 5.73 Å². The lowest BCUT2D eigenvalue weighted by Gasteiger charge is -1.96. The number of hydrogen-bond acceptors (Lipinski definition) is 5. The van der Waals surface area contributed by atoms with Gasteiger partial charge in [-0.05, 0) is 36.0 Å². The van der Waals surface area contributed by atoms with Crippen LogP contribution in [0.4, 0.5) is 5.69 Å². The van der Waals surface area contributed by atoms with Gasteiger partial charge in [0.2, 0.25) is 5.89 Å². The topological polar surface area (TPSA) is 64.9 Å². The third kappa shape index (κ3) is 2.05. The Bertz CT molecular complexity index is 424. The van der Waals surface area contributed by atoms with Crippen molar-refractivity contribution in [1.82, 2.24) is 10.2 Å². The molecule has 0 saturated heterocycles. The highest BCUT2D eigenvalue weighted by Crippen LogP contribution is 2.26. The summed E-state index contributed by atoms with van der Waals surface area (Å²) in [5.74, 6) is 0.572. The second-order valence-electron chi connectivity index (χ2n) is 2.76. The fraction of sp³-hybridized carbons (Fsp3) is 0.111. The highest BCUT2D eigenvalue weighted by molar-refractivity contribution is 7.99. The van der Waals surface area contributed by atoms with Crippen LogP contribution in [0.2, 0.25) is 0 Å². The molecule has 0 unspecified atom stereocenters. The lowest BCUT2D eigenvalue weighted by molar-refractivity contribution is 0.429. The van der Waals surface area contributed by atoms with E-state index in [1.165, 1.54) is 11.8 Å². The number of nitrogen functional groups attached to an aromatic ring is 1. The summed E-state index contributed by atoms with van der Waals surface area (Å²) in [5.41, 5.74) is 6.31. The van der Waals surface area contributed by atoms with E-state index in [1.807, 2.05) is 24.3 Å². The van der Waals surface area contributed by atoms with Crippen molar-refractivity contribution < 1.29 is 4.42 Å². The Hall–Kier alpha value is -1.49. The van der Waals surface area contributed by atoms with Crippen molar-refractivity contribution in [2.24, 2.45) is 0 Å². The van der Waals surface area contributed by atoms with Crippen LogP contribution >= 0.6 is 11.8 Å². The Morgan fingerprint density at radius 1 is 1.21 bits per heavy atom. The normalized spacial score (nSPS) is 10.4. The number of rotatable bonds is 2. The maximum Gasteiger partial charge on any atom is 0.281 e. The predicted molar refractivity (Wildman–Crippen MR) is 54.0 cm³/mol. The Morgan fingerprint density at radius 3 is 2.50 bits per heavy atom. The zero-order valence-electron chi connectivity index (χ0n) is 7.60. The lowest BCUT2D eigenvalue weighted by atomic mass is 10.3. The predicted octanol–water partition coefficient (Wildman–Crippen LogP) is 2.11. The van der Waals surface area contributed by atoms with Crippen LogP contribution in [-0.2, 0) is 0 Å². The lowest BCUT2D eigenvalue weighted by Crippen LogP contribution is -1.82. The fourth-order valence-electron chi connectivity index (χ4n) is 0.956. The summed E-state index contributed by atoms with van der Waals surface area (Å²) >= 11 is 1.42. The average Bonchev–Trinajstić information content (AvgIpc) is 2.56. The fourth-order valence-corrected chi connectivity index (χ4v) is 1.67. The Labute approximate surface area is 85.5 Å². The summed E-state index contributed by atoms with van der Waals surface area (Å²) in [6.07, 6.45) is 0. The third-order valence-electron chi connectivity index (χ3n) is 1.59. The van der Waals surface area contributed by atoms with Gasteiger partial charge in [0.05, 0.1) is 0 Å². The van der Waals surface area contributed by atoms with E-state index >= 15 is 0 Å². The van der Waals surface area contributed by atoms with E-state index in [4.69, 9.17) is 10.2 Å². The highest BCUT2D eigenvalue weighted by Gasteiger charge is 2.03. The Balaban J connectivity index is 2.15. The van der Waals surface area contributed by atoms with E-state index in [0.717, 1.165) is 10.6 Å². The molecule has 1 aromatic heterocycles. The molecule has 4 nitrogen and oxygen atoms in total. The molecule has 0 bridgehead atoms. The first-order valence-corrected chi connectivity index (χ1v) is 4.89. The van der Waals surface area contributed by atoms with Crippen LogP contribution in [-0.4, -0.2) is 10.2 Å². The van der Waals surface area contributed by atoms with Crippen LogP contribution in [0.1, 0.15) is 5.89 Å². The van der Waals surface area contributed by atoms with Gasteiger partial charge in [-0.25, -0.2) is 0 Å². The summed E-state index contributed by atoms with van der Waals surface area (Å²) in [4.78, 5) is 1.03. The summed E-state index contributed by atoms with van der Waals surface area (Å²) in [7, 11) is 0. The molecule has 2 aromatic rings. The van der Waals surface area contributed by atoms with Gasteiger partial charge in [0.1, 0.15) is 0 Å². The number of aromatic nitrogens is 2. The molecule has 0 spiro atoms. The minimum Gasteiger partial charge on any atom is -0.416 e. The molecular weight excluding hydrogens is 198 g/mol. The van der Waals surface area contributed by atoms with E-state index in [0.29, 0.717) is 11.1 Å². The van der Waals surface area contributed by atoms with Gasteiger partial charge < -0.3 is 10.2 Å². The van der Waals surface area contributed by atoms with Crippen molar-refractivity contribution in [3.63, 3.8) is 0 Å². The van der Waals surface area contributed by atoms with E-state index in [9.17, 15) is 0 Å². The maximum atomic E-state index is 5.56. The highest BCUT2D eigenvalue weighted by atomic mass is 32.2. The van der Waals surface area contributed by atoms with Gasteiger partial charge >= 0.3 is 0 Å². The molecule has 5 heteroatoms.